The molecule has 1 unspecified atom stereocenters. The fourth-order valence-electron chi connectivity index (χ4n) is 4.38. The number of fused-ring (bicyclic) bond motifs is 1. The highest BCUT2D eigenvalue weighted by atomic mass is 35.5. The minimum absolute atomic E-state index is 0.0169. The monoisotopic (exact) mass is 460 g/mol. The lowest BCUT2D eigenvalue weighted by molar-refractivity contribution is 0.0920. The molecule has 0 spiro atoms. The number of hydrogen-bond acceptors (Lipinski definition) is 4. The topological polar surface area (TPSA) is 63.3 Å². The highest BCUT2D eigenvalue weighted by molar-refractivity contribution is 6.31. The van der Waals surface area contributed by atoms with Gasteiger partial charge in [-0.3, -0.25) is 14.7 Å². The SMILES string of the molecule is O=C(NCCc1ccccn1)c1ccc(CN2CCn3cccc3C2c2ccccc2Cl)o1. The molecule has 1 atom stereocenters. The van der Waals surface area contributed by atoms with Gasteiger partial charge in [0.1, 0.15) is 5.76 Å². The van der Waals surface area contributed by atoms with Crippen molar-refractivity contribution < 1.29 is 9.21 Å². The van der Waals surface area contributed by atoms with Crippen LogP contribution in [-0.2, 0) is 19.5 Å². The third-order valence-corrected chi connectivity index (χ3v) is 6.32. The predicted octanol–water partition coefficient (Wildman–Crippen LogP) is 4.71. The summed E-state index contributed by atoms with van der Waals surface area (Å²) >= 11 is 6.58. The zero-order valence-corrected chi connectivity index (χ0v) is 18.9. The van der Waals surface area contributed by atoms with E-state index in [2.05, 4.69) is 44.2 Å². The van der Waals surface area contributed by atoms with Gasteiger partial charge in [0.25, 0.3) is 5.91 Å². The van der Waals surface area contributed by atoms with E-state index < -0.39 is 0 Å². The van der Waals surface area contributed by atoms with E-state index in [0.29, 0.717) is 25.3 Å². The van der Waals surface area contributed by atoms with Crippen molar-refractivity contribution in [3.05, 3.63) is 113 Å². The molecular formula is C26H25ClN4O2. The highest BCUT2D eigenvalue weighted by Gasteiger charge is 2.30. The number of carbonyl (C=O) groups excluding carboxylic acids is 1. The summed E-state index contributed by atoms with van der Waals surface area (Å²) in [7, 11) is 0. The van der Waals surface area contributed by atoms with Crippen molar-refractivity contribution in [2.24, 2.45) is 0 Å². The van der Waals surface area contributed by atoms with Crippen molar-refractivity contribution in [1.82, 2.24) is 19.8 Å². The number of rotatable bonds is 7. The van der Waals surface area contributed by atoms with Crippen LogP contribution in [0.25, 0.3) is 0 Å². The lowest BCUT2D eigenvalue weighted by Crippen LogP contribution is -2.38. The number of amides is 1. The summed E-state index contributed by atoms with van der Waals surface area (Å²) in [6, 6.07) is 21.6. The maximum Gasteiger partial charge on any atom is 0.287 e. The molecule has 0 fully saturated rings. The summed E-state index contributed by atoms with van der Waals surface area (Å²) in [4.78, 5) is 19.2. The van der Waals surface area contributed by atoms with Crippen LogP contribution in [-0.4, -0.2) is 33.4 Å². The number of carbonyl (C=O) groups is 1. The molecule has 3 aromatic heterocycles. The van der Waals surface area contributed by atoms with E-state index in [1.807, 2.05) is 42.5 Å². The molecule has 0 bridgehead atoms. The summed E-state index contributed by atoms with van der Waals surface area (Å²) in [5.74, 6) is 0.856. The summed E-state index contributed by atoms with van der Waals surface area (Å²) in [6.07, 6.45) is 4.53. The zero-order chi connectivity index (χ0) is 22.6. The Morgan fingerprint density at radius 1 is 1.06 bits per heavy atom. The van der Waals surface area contributed by atoms with Crippen molar-refractivity contribution >= 4 is 17.5 Å². The average molecular weight is 461 g/mol. The molecule has 0 saturated heterocycles. The van der Waals surface area contributed by atoms with Crippen LogP contribution in [0.2, 0.25) is 5.02 Å². The zero-order valence-electron chi connectivity index (χ0n) is 18.2. The molecular weight excluding hydrogens is 436 g/mol. The maximum atomic E-state index is 12.5. The first-order valence-electron chi connectivity index (χ1n) is 11.1. The van der Waals surface area contributed by atoms with Crippen molar-refractivity contribution in [3.8, 4) is 0 Å². The second kappa shape index (κ2) is 9.65. The molecule has 1 aliphatic rings. The normalized spacial score (nSPS) is 15.8. The van der Waals surface area contributed by atoms with Gasteiger partial charge in [0.2, 0.25) is 0 Å². The minimum Gasteiger partial charge on any atom is -0.455 e. The average Bonchev–Trinajstić information content (AvgIpc) is 3.50. The van der Waals surface area contributed by atoms with E-state index in [4.69, 9.17) is 16.0 Å². The molecule has 5 rings (SSSR count). The molecule has 0 radical (unpaired) electrons. The molecule has 33 heavy (non-hydrogen) atoms. The van der Waals surface area contributed by atoms with Crippen molar-refractivity contribution in [3.63, 3.8) is 0 Å². The second-order valence-electron chi connectivity index (χ2n) is 8.11. The van der Waals surface area contributed by atoms with Gasteiger partial charge in [0.05, 0.1) is 12.6 Å². The first-order chi connectivity index (χ1) is 16.2. The number of furan rings is 1. The number of hydrogen-bond donors (Lipinski definition) is 1. The van der Waals surface area contributed by atoms with Crippen LogP contribution in [0.5, 0.6) is 0 Å². The summed E-state index contributed by atoms with van der Waals surface area (Å²) < 4.78 is 8.20. The van der Waals surface area contributed by atoms with Crippen molar-refractivity contribution in [2.45, 2.75) is 25.6 Å². The highest BCUT2D eigenvalue weighted by Crippen LogP contribution is 2.36. The third kappa shape index (κ3) is 4.72. The molecule has 1 N–H and O–H groups in total. The van der Waals surface area contributed by atoms with E-state index in [0.717, 1.165) is 35.1 Å². The Labute approximate surface area is 197 Å². The second-order valence-corrected chi connectivity index (χ2v) is 8.52. The Balaban J connectivity index is 1.28. The van der Waals surface area contributed by atoms with Crippen LogP contribution in [0.4, 0.5) is 0 Å². The van der Waals surface area contributed by atoms with Gasteiger partial charge in [-0.2, -0.15) is 0 Å². The van der Waals surface area contributed by atoms with Gasteiger partial charge in [-0.15, -0.1) is 0 Å². The Morgan fingerprint density at radius 3 is 2.79 bits per heavy atom. The first kappa shape index (κ1) is 21.5. The van der Waals surface area contributed by atoms with Crippen LogP contribution in [0.3, 0.4) is 0 Å². The molecule has 4 aromatic rings. The molecule has 168 valence electrons. The minimum atomic E-state index is -0.215. The fourth-order valence-corrected chi connectivity index (χ4v) is 4.62. The summed E-state index contributed by atoms with van der Waals surface area (Å²) in [5.41, 5.74) is 3.21. The van der Waals surface area contributed by atoms with E-state index in [-0.39, 0.29) is 11.9 Å². The lowest BCUT2D eigenvalue weighted by atomic mass is 9.99. The molecule has 0 aliphatic carbocycles. The van der Waals surface area contributed by atoms with E-state index in [9.17, 15) is 4.79 Å². The van der Waals surface area contributed by atoms with Crippen LogP contribution >= 0.6 is 11.6 Å². The number of halogens is 1. The molecule has 7 heteroatoms. The molecule has 1 aromatic carbocycles. The van der Waals surface area contributed by atoms with Gasteiger partial charge >= 0.3 is 0 Å². The number of benzene rings is 1. The van der Waals surface area contributed by atoms with Crippen LogP contribution < -0.4 is 5.32 Å². The third-order valence-electron chi connectivity index (χ3n) is 5.98. The molecule has 1 amide bonds. The van der Waals surface area contributed by atoms with Crippen LogP contribution in [0.1, 0.15) is 39.3 Å². The number of aromatic nitrogens is 2. The van der Waals surface area contributed by atoms with Crippen molar-refractivity contribution in [1.29, 1.82) is 0 Å². The largest absolute Gasteiger partial charge is 0.455 e. The fraction of sp³-hybridized carbons (Fsp3) is 0.231. The molecule has 0 saturated carbocycles. The first-order valence-corrected chi connectivity index (χ1v) is 11.5. The van der Waals surface area contributed by atoms with Gasteiger partial charge in [-0.05, 0) is 48.0 Å². The lowest BCUT2D eigenvalue weighted by Gasteiger charge is -2.37. The quantitative estimate of drug-likeness (QED) is 0.434. The maximum absolute atomic E-state index is 12.5. The summed E-state index contributed by atoms with van der Waals surface area (Å²) in [5, 5.41) is 3.65. The van der Waals surface area contributed by atoms with Crippen LogP contribution in [0.15, 0.2) is 83.5 Å². The number of nitrogens with zero attached hydrogens (tertiary/aromatic N) is 3. The Hall–Kier alpha value is -3.35. The Bertz CT molecular complexity index is 1230. The predicted molar refractivity (Wildman–Crippen MR) is 127 cm³/mol. The molecule has 4 heterocycles. The van der Waals surface area contributed by atoms with E-state index >= 15 is 0 Å². The van der Waals surface area contributed by atoms with E-state index in [1.165, 1.54) is 5.69 Å². The summed E-state index contributed by atoms with van der Waals surface area (Å²) in [6.45, 7) is 2.83. The standard InChI is InChI=1S/C26H25ClN4O2/c27-22-8-2-1-7-21(22)25-23-9-5-15-30(23)16-17-31(25)18-20-10-11-24(33-20)26(32)29-14-12-19-6-3-4-13-28-19/h1-11,13,15,25H,12,14,16-18H2,(H,29,32). The van der Waals surface area contributed by atoms with Gasteiger partial charge < -0.3 is 14.3 Å². The number of nitrogens with one attached hydrogen (secondary N) is 1. The van der Waals surface area contributed by atoms with Crippen LogP contribution in [0, 0.1) is 0 Å². The molecule has 6 nitrogen and oxygen atoms in total. The smallest absolute Gasteiger partial charge is 0.287 e. The van der Waals surface area contributed by atoms with E-state index in [1.54, 1.807) is 12.3 Å². The molecule has 1 aliphatic heterocycles. The van der Waals surface area contributed by atoms with Gasteiger partial charge in [0, 0.05) is 54.9 Å². The Kier molecular flexibility index (Phi) is 6.28. The van der Waals surface area contributed by atoms with Gasteiger partial charge in [0.15, 0.2) is 5.76 Å². The Morgan fingerprint density at radius 2 is 1.94 bits per heavy atom. The van der Waals surface area contributed by atoms with Crippen molar-refractivity contribution in [2.75, 3.05) is 13.1 Å². The van der Waals surface area contributed by atoms with Gasteiger partial charge in [-0.25, -0.2) is 0 Å². The number of pyridine rings is 1. The van der Waals surface area contributed by atoms with Gasteiger partial charge in [-0.1, -0.05) is 35.9 Å².